The van der Waals surface area contributed by atoms with Crippen LogP contribution in [0.2, 0.25) is 0 Å². The molecule has 0 saturated heterocycles. The van der Waals surface area contributed by atoms with E-state index in [0.29, 0.717) is 17.1 Å². The molecule has 110 valence electrons. The average Bonchev–Trinajstić information content (AvgIpc) is 3.03. The molecule has 2 N–H and O–H groups in total. The first-order chi connectivity index (χ1) is 10.6. The summed E-state index contributed by atoms with van der Waals surface area (Å²) in [5.41, 5.74) is -0.0000764. The lowest BCUT2D eigenvalue weighted by atomic mass is 10.2. The Morgan fingerprint density at radius 3 is 2.68 bits per heavy atom. The van der Waals surface area contributed by atoms with Gasteiger partial charge in [0.15, 0.2) is 0 Å². The number of furan rings is 1. The standard InChI is InChI=1S/C15H10FN3O3/c16-9-3-5-10(6-4-9)17-14(20)12-8-11(18-15(21)19-12)13-2-1-7-22-13/h1-8H,(H,17,20)(H,18,19,21). The van der Waals surface area contributed by atoms with Crippen LogP contribution in [0.25, 0.3) is 11.5 Å². The van der Waals surface area contributed by atoms with Crippen LogP contribution in [0.4, 0.5) is 10.1 Å². The molecule has 0 fully saturated rings. The van der Waals surface area contributed by atoms with Gasteiger partial charge in [-0.1, -0.05) is 0 Å². The van der Waals surface area contributed by atoms with E-state index in [2.05, 4.69) is 15.3 Å². The molecule has 1 amide bonds. The third-order valence-corrected chi connectivity index (χ3v) is 2.87. The van der Waals surface area contributed by atoms with Crippen molar-refractivity contribution in [2.75, 3.05) is 5.32 Å². The van der Waals surface area contributed by atoms with E-state index in [1.54, 1.807) is 12.1 Å². The molecule has 7 heteroatoms. The van der Waals surface area contributed by atoms with Gasteiger partial charge in [-0.25, -0.2) is 9.18 Å². The van der Waals surface area contributed by atoms with Gasteiger partial charge in [-0.2, -0.15) is 4.98 Å². The minimum Gasteiger partial charge on any atom is -0.463 e. The number of aromatic nitrogens is 2. The van der Waals surface area contributed by atoms with Gasteiger partial charge in [-0.15, -0.1) is 0 Å². The molecule has 0 radical (unpaired) electrons. The summed E-state index contributed by atoms with van der Waals surface area (Å²) in [6.07, 6.45) is 1.45. The van der Waals surface area contributed by atoms with E-state index in [0.717, 1.165) is 0 Å². The normalized spacial score (nSPS) is 10.4. The van der Waals surface area contributed by atoms with Crippen LogP contribution in [0.15, 0.2) is 57.9 Å². The zero-order chi connectivity index (χ0) is 15.5. The number of carbonyl (C=O) groups is 1. The molecule has 0 unspecified atom stereocenters. The van der Waals surface area contributed by atoms with Crippen molar-refractivity contribution in [2.45, 2.75) is 0 Å². The number of hydrogen-bond donors (Lipinski definition) is 2. The van der Waals surface area contributed by atoms with Crippen LogP contribution in [0, 0.1) is 5.82 Å². The van der Waals surface area contributed by atoms with E-state index in [4.69, 9.17) is 4.42 Å². The number of aromatic amines is 1. The van der Waals surface area contributed by atoms with Crippen molar-refractivity contribution in [2.24, 2.45) is 0 Å². The van der Waals surface area contributed by atoms with Gasteiger partial charge in [-0.05, 0) is 42.5 Å². The molecule has 3 rings (SSSR count). The summed E-state index contributed by atoms with van der Waals surface area (Å²) in [6.45, 7) is 0. The Kier molecular flexibility index (Phi) is 3.53. The van der Waals surface area contributed by atoms with Crippen LogP contribution in [0.1, 0.15) is 10.5 Å². The number of nitrogens with one attached hydrogen (secondary N) is 2. The maximum absolute atomic E-state index is 12.8. The predicted molar refractivity (Wildman–Crippen MR) is 76.9 cm³/mol. The monoisotopic (exact) mass is 299 g/mol. The Hall–Kier alpha value is -3.22. The number of amides is 1. The van der Waals surface area contributed by atoms with Gasteiger partial charge in [0.25, 0.3) is 5.91 Å². The average molecular weight is 299 g/mol. The maximum Gasteiger partial charge on any atom is 0.346 e. The van der Waals surface area contributed by atoms with E-state index in [1.165, 1.54) is 36.6 Å². The molecule has 0 atom stereocenters. The first-order valence-electron chi connectivity index (χ1n) is 6.34. The van der Waals surface area contributed by atoms with Crippen LogP contribution in [0.3, 0.4) is 0 Å². The molecular weight excluding hydrogens is 289 g/mol. The molecule has 0 saturated carbocycles. The first kappa shape index (κ1) is 13.7. The van der Waals surface area contributed by atoms with Gasteiger partial charge < -0.3 is 14.7 Å². The fourth-order valence-corrected chi connectivity index (χ4v) is 1.87. The lowest BCUT2D eigenvalue weighted by Gasteiger charge is -2.05. The Balaban J connectivity index is 1.89. The minimum absolute atomic E-state index is 0.0699. The number of hydrogen-bond acceptors (Lipinski definition) is 4. The summed E-state index contributed by atoms with van der Waals surface area (Å²) in [5.74, 6) is -0.576. The Bertz CT molecular complexity index is 854. The molecule has 22 heavy (non-hydrogen) atoms. The Morgan fingerprint density at radius 2 is 2.00 bits per heavy atom. The molecule has 1 aromatic carbocycles. The topological polar surface area (TPSA) is 88.0 Å². The van der Waals surface area contributed by atoms with Gasteiger partial charge in [0.2, 0.25) is 0 Å². The molecule has 6 nitrogen and oxygen atoms in total. The van der Waals surface area contributed by atoms with Crippen LogP contribution >= 0.6 is 0 Å². The van der Waals surface area contributed by atoms with Crippen molar-refractivity contribution in [3.05, 3.63) is 70.7 Å². The minimum atomic E-state index is -0.668. The van der Waals surface area contributed by atoms with Crippen molar-refractivity contribution < 1.29 is 13.6 Å². The van der Waals surface area contributed by atoms with Gasteiger partial charge in [0.05, 0.1) is 12.0 Å². The summed E-state index contributed by atoms with van der Waals surface area (Å²) >= 11 is 0. The lowest BCUT2D eigenvalue weighted by Crippen LogP contribution is -2.21. The zero-order valence-electron chi connectivity index (χ0n) is 11.2. The highest BCUT2D eigenvalue weighted by molar-refractivity contribution is 6.03. The molecule has 0 aliphatic rings. The smallest absolute Gasteiger partial charge is 0.346 e. The molecule has 2 heterocycles. The van der Waals surface area contributed by atoms with Crippen molar-refractivity contribution >= 4 is 11.6 Å². The second-order valence-corrected chi connectivity index (χ2v) is 4.42. The molecule has 0 bridgehead atoms. The van der Waals surface area contributed by atoms with E-state index in [9.17, 15) is 14.0 Å². The van der Waals surface area contributed by atoms with Crippen molar-refractivity contribution in [3.8, 4) is 11.5 Å². The van der Waals surface area contributed by atoms with Gasteiger partial charge in [0, 0.05) is 5.69 Å². The van der Waals surface area contributed by atoms with E-state index >= 15 is 0 Å². The van der Waals surface area contributed by atoms with Gasteiger partial charge in [0.1, 0.15) is 17.3 Å². The van der Waals surface area contributed by atoms with Crippen molar-refractivity contribution in [1.82, 2.24) is 9.97 Å². The van der Waals surface area contributed by atoms with Gasteiger partial charge in [-0.3, -0.25) is 4.79 Å². The zero-order valence-corrected chi connectivity index (χ0v) is 11.2. The molecule has 0 aliphatic heterocycles. The number of rotatable bonds is 3. The fourth-order valence-electron chi connectivity index (χ4n) is 1.87. The van der Waals surface area contributed by atoms with Crippen LogP contribution in [0.5, 0.6) is 0 Å². The highest BCUT2D eigenvalue weighted by Gasteiger charge is 2.12. The summed E-state index contributed by atoms with van der Waals surface area (Å²) < 4.78 is 18.0. The quantitative estimate of drug-likeness (QED) is 0.777. The second kappa shape index (κ2) is 5.65. The van der Waals surface area contributed by atoms with Crippen LogP contribution in [-0.4, -0.2) is 15.9 Å². The summed E-state index contributed by atoms with van der Waals surface area (Å²) in [4.78, 5) is 29.8. The van der Waals surface area contributed by atoms with Crippen LogP contribution < -0.4 is 11.0 Å². The number of halogens is 1. The second-order valence-electron chi connectivity index (χ2n) is 4.42. The number of H-pyrrole nitrogens is 1. The lowest BCUT2D eigenvalue weighted by molar-refractivity contribution is 0.102. The van der Waals surface area contributed by atoms with Crippen LogP contribution in [-0.2, 0) is 0 Å². The largest absolute Gasteiger partial charge is 0.463 e. The number of carbonyl (C=O) groups excluding carboxylic acids is 1. The van der Waals surface area contributed by atoms with Gasteiger partial charge >= 0.3 is 5.69 Å². The SMILES string of the molecule is O=C(Nc1ccc(F)cc1)c1cc(-c2ccco2)[nH]c(=O)n1. The molecule has 3 aromatic rings. The Labute approximate surface area is 123 Å². The molecule has 2 aromatic heterocycles. The predicted octanol–water partition coefficient (Wildman–Crippen LogP) is 2.42. The van der Waals surface area contributed by atoms with Crippen molar-refractivity contribution in [3.63, 3.8) is 0 Å². The highest BCUT2D eigenvalue weighted by Crippen LogP contribution is 2.17. The summed E-state index contributed by atoms with van der Waals surface area (Å²) in [7, 11) is 0. The summed E-state index contributed by atoms with van der Waals surface area (Å²) in [6, 6.07) is 9.96. The highest BCUT2D eigenvalue weighted by atomic mass is 19.1. The molecule has 0 spiro atoms. The number of anilines is 1. The summed E-state index contributed by atoms with van der Waals surface area (Å²) in [5, 5.41) is 2.53. The molecular formula is C15H10FN3O3. The van der Waals surface area contributed by atoms with E-state index in [1.807, 2.05) is 0 Å². The fraction of sp³-hybridized carbons (Fsp3) is 0. The third-order valence-electron chi connectivity index (χ3n) is 2.87. The van der Waals surface area contributed by atoms with E-state index < -0.39 is 17.4 Å². The van der Waals surface area contributed by atoms with Crippen molar-refractivity contribution in [1.29, 1.82) is 0 Å². The maximum atomic E-state index is 12.8. The first-order valence-corrected chi connectivity index (χ1v) is 6.34. The molecule has 0 aliphatic carbocycles. The number of benzene rings is 1. The Morgan fingerprint density at radius 1 is 1.23 bits per heavy atom. The number of nitrogens with zero attached hydrogens (tertiary/aromatic N) is 1. The van der Waals surface area contributed by atoms with E-state index in [-0.39, 0.29) is 5.69 Å². The third kappa shape index (κ3) is 2.93.